The molecule has 2 heterocycles. The zero-order valence-electron chi connectivity index (χ0n) is 14.3. The monoisotopic (exact) mass is 333 g/mol. The molecule has 2 aliphatic rings. The molecule has 0 bridgehead atoms. The first kappa shape index (κ1) is 17.0. The summed E-state index contributed by atoms with van der Waals surface area (Å²) >= 11 is 0. The van der Waals surface area contributed by atoms with Crippen LogP contribution in [0.4, 0.5) is 4.79 Å². The molecule has 1 saturated heterocycles. The van der Waals surface area contributed by atoms with Gasteiger partial charge in [0.15, 0.2) is 0 Å². The Balaban J connectivity index is 1.49. The van der Waals surface area contributed by atoms with Crippen molar-refractivity contribution < 1.29 is 14.3 Å². The lowest BCUT2D eigenvalue weighted by Crippen LogP contribution is -2.45. The van der Waals surface area contributed by atoms with E-state index in [0.29, 0.717) is 12.4 Å². The second-order valence-corrected chi connectivity index (χ2v) is 6.66. The highest BCUT2D eigenvalue weighted by Gasteiger charge is 2.23. The minimum absolute atomic E-state index is 0.00982. The Morgan fingerprint density at radius 1 is 1.38 bits per heavy atom. The van der Waals surface area contributed by atoms with E-state index in [9.17, 15) is 4.79 Å². The maximum atomic E-state index is 12.1. The third-order valence-corrected chi connectivity index (χ3v) is 4.75. The molecule has 132 valence electrons. The van der Waals surface area contributed by atoms with Gasteiger partial charge in [-0.15, -0.1) is 0 Å². The predicted molar refractivity (Wildman–Crippen MR) is 90.9 cm³/mol. The molecule has 2 N–H and O–H groups in total. The van der Waals surface area contributed by atoms with Crippen LogP contribution in [0.1, 0.15) is 51.0 Å². The fourth-order valence-corrected chi connectivity index (χ4v) is 3.35. The Morgan fingerprint density at radius 2 is 2.21 bits per heavy atom. The second-order valence-electron chi connectivity index (χ2n) is 6.66. The topological polar surface area (TPSA) is 72.5 Å². The van der Waals surface area contributed by atoms with Gasteiger partial charge in [-0.05, 0) is 51.5 Å². The Bertz CT molecular complexity index is 540. The zero-order chi connectivity index (χ0) is 16.8. The van der Waals surface area contributed by atoms with Gasteiger partial charge in [-0.1, -0.05) is 6.07 Å². The molecule has 3 rings (SSSR count). The molecule has 0 radical (unpaired) electrons. The van der Waals surface area contributed by atoms with Crippen molar-refractivity contribution in [2.45, 2.75) is 70.2 Å². The van der Waals surface area contributed by atoms with Gasteiger partial charge < -0.3 is 20.1 Å². The van der Waals surface area contributed by atoms with Crippen LogP contribution in [0.3, 0.4) is 0 Å². The summed E-state index contributed by atoms with van der Waals surface area (Å²) in [5.41, 5.74) is 0.907. The lowest BCUT2D eigenvalue weighted by atomic mass is 10.1. The van der Waals surface area contributed by atoms with Crippen molar-refractivity contribution in [3.05, 3.63) is 23.9 Å². The van der Waals surface area contributed by atoms with Crippen LogP contribution in [-0.4, -0.2) is 35.9 Å². The molecule has 2 atom stereocenters. The maximum absolute atomic E-state index is 12.1. The summed E-state index contributed by atoms with van der Waals surface area (Å²) in [6.07, 6.45) is 8.78. The number of nitrogens with one attached hydrogen (secondary N) is 2. The molecule has 2 fully saturated rings. The van der Waals surface area contributed by atoms with E-state index in [1.165, 1.54) is 12.8 Å². The Labute approximate surface area is 143 Å². The number of ether oxygens (including phenoxy) is 2. The van der Waals surface area contributed by atoms with Gasteiger partial charge in [0.25, 0.3) is 0 Å². The van der Waals surface area contributed by atoms with E-state index in [-0.39, 0.29) is 24.3 Å². The van der Waals surface area contributed by atoms with Gasteiger partial charge in [-0.25, -0.2) is 9.78 Å². The van der Waals surface area contributed by atoms with Crippen LogP contribution in [0.2, 0.25) is 0 Å². The molecule has 2 amide bonds. The molecule has 1 saturated carbocycles. The lowest BCUT2D eigenvalue weighted by molar-refractivity contribution is 0.0860. The normalized spacial score (nSPS) is 22.3. The fraction of sp³-hybridized carbons (Fsp3) is 0.667. The van der Waals surface area contributed by atoms with Crippen LogP contribution >= 0.6 is 0 Å². The van der Waals surface area contributed by atoms with Gasteiger partial charge >= 0.3 is 6.03 Å². The van der Waals surface area contributed by atoms with E-state index in [1.807, 2.05) is 19.1 Å². The summed E-state index contributed by atoms with van der Waals surface area (Å²) in [6.45, 7) is 3.17. The van der Waals surface area contributed by atoms with Crippen LogP contribution in [0.5, 0.6) is 5.88 Å². The Hall–Kier alpha value is -1.82. The zero-order valence-corrected chi connectivity index (χ0v) is 14.3. The fourth-order valence-electron chi connectivity index (χ4n) is 3.35. The van der Waals surface area contributed by atoms with Crippen LogP contribution < -0.4 is 15.4 Å². The van der Waals surface area contributed by atoms with Crippen LogP contribution in [0, 0.1) is 0 Å². The van der Waals surface area contributed by atoms with Crippen molar-refractivity contribution in [3.63, 3.8) is 0 Å². The molecule has 0 unspecified atom stereocenters. The molecule has 24 heavy (non-hydrogen) atoms. The molecule has 0 spiro atoms. The average Bonchev–Trinajstić information content (AvgIpc) is 3.27. The van der Waals surface area contributed by atoms with Gasteiger partial charge in [0.2, 0.25) is 5.88 Å². The number of pyridine rings is 1. The van der Waals surface area contributed by atoms with Crippen molar-refractivity contribution in [3.8, 4) is 5.88 Å². The standard InChI is InChI=1S/C18H27N3O3/c1-13(16-9-5-11-23-16)21-18(22)20-12-14-6-4-10-19-17(14)24-15-7-2-3-8-15/h4,6,10,13,15-16H,2-3,5,7-9,11-12H2,1H3,(H2,20,21,22)/t13-,16+/m1/s1. The molecule has 1 aliphatic heterocycles. The predicted octanol–water partition coefficient (Wildman–Crippen LogP) is 2.77. The van der Waals surface area contributed by atoms with Gasteiger partial charge in [0, 0.05) is 24.9 Å². The SMILES string of the molecule is C[C@@H](NC(=O)NCc1cccnc1OC1CCCC1)[C@@H]1CCCO1. The van der Waals surface area contributed by atoms with Crippen molar-refractivity contribution in [2.75, 3.05) is 6.61 Å². The van der Waals surface area contributed by atoms with E-state index < -0.39 is 0 Å². The average molecular weight is 333 g/mol. The molecule has 1 aliphatic carbocycles. The number of hydrogen-bond donors (Lipinski definition) is 2. The van der Waals surface area contributed by atoms with Gasteiger partial charge in [-0.3, -0.25) is 0 Å². The summed E-state index contributed by atoms with van der Waals surface area (Å²) < 4.78 is 11.6. The number of carbonyl (C=O) groups is 1. The first-order chi connectivity index (χ1) is 11.7. The molecule has 0 aromatic carbocycles. The van der Waals surface area contributed by atoms with Crippen molar-refractivity contribution in [2.24, 2.45) is 0 Å². The minimum atomic E-state index is -0.186. The van der Waals surface area contributed by atoms with E-state index >= 15 is 0 Å². The smallest absolute Gasteiger partial charge is 0.315 e. The third-order valence-electron chi connectivity index (χ3n) is 4.75. The van der Waals surface area contributed by atoms with E-state index in [0.717, 1.165) is 37.9 Å². The molecule has 1 aromatic heterocycles. The van der Waals surface area contributed by atoms with E-state index in [2.05, 4.69) is 15.6 Å². The number of aromatic nitrogens is 1. The number of urea groups is 1. The summed E-state index contributed by atoms with van der Waals surface area (Å²) in [5.74, 6) is 0.636. The number of carbonyl (C=O) groups excluding carboxylic acids is 1. The highest BCUT2D eigenvalue weighted by Crippen LogP contribution is 2.24. The molecule has 1 aromatic rings. The van der Waals surface area contributed by atoms with Gasteiger partial charge in [0.1, 0.15) is 6.10 Å². The highest BCUT2D eigenvalue weighted by molar-refractivity contribution is 5.74. The van der Waals surface area contributed by atoms with Gasteiger partial charge in [0.05, 0.1) is 12.1 Å². The number of amides is 2. The maximum Gasteiger partial charge on any atom is 0.315 e. The Morgan fingerprint density at radius 3 is 2.96 bits per heavy atom. The first-order valence-corrected chi connectivity index (χ1v) is 8.99. The quantitative estimate of drug-likeness (QED) is 0.840. The molecular formula is C18H27N3O3. The van der Waals surface area contributed by atoms with Crippen molar-refractivity contribution in [1.29, 1.82) is 0 Å². The summed E-state index contributed by atoms with van der Waals surface area (Å²) in [6, 6.07) is 3.64. The van der Waals surface area contributed by atoms with Crippen LogP contribution in [0.25, 0.3) is 0 Å². The van der Waals surface area contributed by atoms with Gasteiger partial charge in [-0.2, -0.15) is 0 Å². The van der Waals surface area contributed by atoms with Crippen molar-refractivity contribution >= 4 is 6.03 Å². The van der Waals surface area contributed by atoms with E-state index in [4.69, 9.17) is 9.47 Å². The second kappa shape index (κ2) is 8.33. The number of nitrogens with zero attached hydrogens (tertiary/aromatic N) is 1. The highest BCUT2D eigenvalue weighted by atomic mass is 16.5. The number of rotatable bonds is 6. The minimum Gasteiger partial charge on any atom is -0.474 e. The van der Waals surface area contributed by atoms with Crippen molar-refractivity contribution in [1.82, 2.24) is 15.6 Å². The lowest BCUT2D eigenvalue weighted by Gasteiger charge is -2.20. The van der Waals surface area contributed by atoms with E-state index in [1.54, 1.807) is 6.20 Å². The third kappa shape index (κ3) is 4.60. The van der Waals surface area contributed by atoms with Crippen LogP contribution in [0.15, 0.2) is 18.3 Å². The molecule has 6 heteroatoms. The molecule has 6 nitrogen and oxygen atoms in total. The molecular weight excluding hydrogens is 306 g/mol. The first-order valence-electron chi connectivity index (χ1n) is 8.99. The number of hydrogen-bond acceptors (Lipinski definition) is 4. The van der Waals surface area contributed by atoms with Crippen LogP contribution in [-0.2, 0) is 11.3 Å². The summed E-state index contributed by atoms with van der Waals surface area (Å²) in [5, 5.41) is 5.84. The summed E-state index contributed by atoms with van der Waals surface area (Å²) in [7, 11) is 0. The Kier molecular flexibility index (Phi) is 5.91. The largest absolute Gasteiger partial charge is 0.474 e. The summed E-state index contributed by atoms with van der Waals surface area (Å²) in [4.78, 5) is 16.4.